The summed E-state index contributed by atoms with van der Waals surface area (Å²) in [5.74, 6) is -0.775. The highest BCUT2D eigenvalue weighted by molar-refractivity contribution is 7.15. The summed E-state index contributed by atoms with van der Waals surface area (Å²) in [6.45, 7) is 12.1. The molecule has 0 aliphatic rings. The first-order chi connectivity index (χ1) is 11.3. The Morgan fingerprint density at radius 2 is 1.62 bits per heavy atom. The van der Waals surface area contributed by atoms with Crippen LogP contribution in [0.2, 0.25) is 0 Å². The molecule has 0 aliphatic heterocycles. The predicted molar refractivity (Wildman–Crippen MR) is 95.3 cm³/mol. The maximum absolute atomic E-state index is 11.9. The highest BCUT2D eigenvalue weighted by Crippen LogP contribution is 2.33. The van der Waals surface area contributed by atoms with Crippen molar-refractivity contribution in [3.8, 4) is 0 Å². The first-order valence-corrected chi connectivity index (χ1v) is 8.94. The lowest BCUT2D eigenvalue weighted by Crippen LogP contribution is -2.19. The van der Waals surface area contributed by atoms with Gasteiger partial charge in [-0.25, -0.2) is 14.6 Å². The molecule has 0 aromatic carbocycles. The maximum atomic E-state index is 11.9. The topological polar surface area (TPSA) is 77.5 Å². The average molecular weight is 354 g/mol. The minimum atomic E-state index is -0.715. The maximum Gasteiger partial charge on any atom is 0.347 e. The standard InChI is InChI=1S/C17H26N2O4S/c1-7-22-15(20)12(16(21)23-8-2)9-18-17-19-13(10(3)4)14(24-17)11(5)6/h9-11H,7-8H2,1-6H3,(H,18,19). The number of thiazole rings is 1. The minimum absolute atomic E-state index is 0.175. The van der Waals surface area contributed by atoms with E-state index in [0.29, 0.717) is 17.0 Å². The molecular weight excluding hydrogens is 328 g/mol. The summed E-state index contributed by atoms with van der Waals surface area (Å²) in [5, 5.41) is 3.57. The van der Waals surface area contributed by atoms with Gasteiger partial charge >= 0.3 is 11.9 Å². The van der Waals surface area contributed by atoms with Crippen LogP contribution in [0.4, 0.5) is 5.13 Å². The first-order valence-electron chi connectivity index (χ1n) is 8.13. The highest BCUT2D eigenvalue weighted by atomic mass is 32.1. The summed E-state index contributed by atoms with van der Waals surface area (Å²) in [4.78, 5) is 29.6. The third kappa shape index (κ3) is 5.33. The van der Waals surface area contributed by atoms with Gasteiger partial charge in [0.1, 0.15) is 0 Å². The minimum Gasteiger partial charge on any atom is -0.462 e. The lowest BCUT2D eigenvalue weighted by atomic mass is 10.0. The van der Waals surface area contributed by atoms with Gasteiger partial charge in [0, 0.05) is 11.1 Å². The SMILES string of the molecule is CCOC(=O)C(=CNc1nc(C(C)C)c(C(C)C)s1)C(=O)OCC. The largest absolute Gasteiger partial charge is 0.462 e. The van der Waals surface area contributed by atoms with Gasteiger partial charge in [-0.2, -0.15) is 0 Å². The fourth-order valence-electron chi connectivity index (χ4n) is 1.99. The van der Waals surface area contributed by atoms with Crippen LogP contribution in [0.5, 0.6) is 0 Å². The molecule has 0 saturated heterocycles. The van der Waals surface area contributed by atoms with Crippen LogP contribution in [-0.4, -0.2) is 30.1 Å². The number of nitrogens with zero attached hydrogens (tertiary/aromatic N) is 1. The summed E-state index contributed by atoms with van der Waals surface area (Å²) in [6, 6.07) is 0. The number of nitrogens with one attached hydrogen (secondary N) is 1. The van der Waals surface area contributed by atoms with E-state index < -0.39 is 11.9 Å². The van der Waals surface area contributed by atoms with Crippen LogP contribution in [0.3, 0.4) is 0 Å². The van der Waals surface area contributed by atoms with Crippen molar-refractivity contribution in [2.24, 2.45) is 0 Å². The zero-order valence-electron chi connectivity index (χ0n) is 15.1. The summed E-state index contributed by atoms with van der Waals surface area (Å²) >= 11 is 1.52. The first kappa shape index (κ1) is 20.2. The molecule has 0 fully saturated rings. The molecular formula is C17H26N2O4S. The third-order valence-electron chi connectivity index (χ3n) is 3.08. The number of esters is 2. The average Bonchev–Trinajstić information content (AvgIpc) is 2.93. The molecule has 1 rings (SSSR count). The monoisotopic (exact) mass is 354 g/mol. The Kier molecular flexibility index (Phi) is 7.91. The second-order valence-corrected chi connectivity index (χ2v) is 6.75. The summed E-state index contributed by atoms with van der Waals surface area (Å²) < 4.78 is 9.80. The zero-order valence-corrected chi connectivity index (χ0v) is 16.0. The molecule has 24 heavy (non-hydrogen) atoms. The van der Waals surface area contributed by atoms with Crippen LogP contribution in [0, 0.1) is 0 Å². The van der Waals surface area contributed by atoms with Crippen molar-refractivity contribution in [3.05, 3.63) is 22.3 Å². The molecule has 134 valence electrons. The molecule has 0 bridgehead atoms. The molecule has 0 atom stereocenters. The van der Waals surface area contributed by atoms with Crippen molar-refractivity contribution < 1.29 is 19.1 Å². The van der Waals surface area contributed by atoms with Crippen LogP contribution in [0.1, 0.15) is 63.9 Å². The van der Waals surface area contributed by atoms with E-state index in [-0.39, 0.29) is 18.8 Å². The molecule has 1 N–H and O–H groups in total. The van der Waals surface area contributed by atoms with Crippen LogP contribution in [0.15, 0.2) is 11.8 Å². The molecule has 0 radical (unpaired) electrons. The Bertz CT molecular complexity index is 560. The van der Waals surface area contributed by atoms with E-state index in [9.17, 15) is 9.59 Å². The molecule has 1 heterocycles. The van der Waals surface area contributed by atoms with Gasteiger partial charge in [-0.1, -0.05) is 27.7 Å². The second-order valence-electron chi connectivity index (χ2n) is 5.72. The van der Waals surface area contributed by atoms with Crippen LogP contribution in [0.25, 0.3) is 0 Å². The molecule has 1 aromatic heterocycles. The van der Waals surface area contributed by atoms with E-state index in [2.05, 4.69) is 38.0 Å². The molecule has 0 unspecified atom stereocenters. The number of aromatic nitrogens is 1. The number of ether oxygens (including phenoxy) is 2. The normalized spacial score (nSPS) is 10.7. The number of carbonyl (C=O) groups is 2. The molecule has 6 nitrogen and oxygen atoms in total. The van der Waals surface area contributed by atoms with Gasteiger partial charge in [0.25, 0.3) is 0 Å². The fraction of sp³-hybridized carbons (Fsp3) is 0.588. The van der Waals surface area contributed by atoms with E-state index in [0.717, 1.165) is 5.69 Å². The Balaban J connectivity index is 3.06. The Morgan fingerprint density at radius 1 is 1.08 bits per heavy atom. The van der Waals surface area contributed by atoms with Gasteiger partial charge in [-0.05, 0) is 25.7 Å². The van der Waals surface area contributed by atoms with Crippen molar-refractivity contribution in [3.63, 3.8) is 0 Å². The molecule has 0 amide bonds. The van der Waals surface area contributed by atoms with Crippen molar-refractivity contribution in [1.29, 1.82) is 0 Å². The lowest BCUT2D eigenvalue weighted by molar-refractivity contribution is -0.146. The molecule has 1 aromatic rings. The van der Waals surface area contributed by atoms with E-state index in [4.69, 9.17) is 9.47 Å². The van der Waals surface area contributed by atoms with Gasteiger partial charge in [-0.3, -0.25) is 0 Å². The Hall–Kier alpha value is -1.89. The van der Waals surface area contributed by atoms with Crippen molar-refractivity contribution in [1.82, 2.24) is 4.98 Å². The number of rotatable bonds is 8. The third-order valence-corrected chi connectivity index (χ3v) is 4.39. The molecule has 0 aliphatic carbocycles. The van der Waals surface area contributed by atoms with Crippen LogP contribution in [-0.2, 0) is 19.1 Å². The summed E-state index contributed by atoms with van der Waals surface area (Å²) in [7, 11) is 0. The van der Waals surface area contributed by atoms with Crippen molar-refractivity contribution in [2.45, 2.75) is 53.4 Å². The molecule has 0 spiro atoms. The Labute approximate surface area is 147 Å². The van der Waals surface area contributed by atoms with Crippen molar-refractivity contribution >= 4 is 28.4 Å². The quantitative estimate of drug-likeness (QED) is 0.331. The molecule has 0 saturated carbocycles. The zero-order chi connectivity index (χ0) is 18.3. The van der Waals surface area contributed by atoms with Gasteiger partial charge in [-0.15, -0.1) is 11.3 Å². The number of carbonyl (C=O) groups excluding carboxylic acids is 2. The summed E-state index contributed by atoms with van der Waals surface area (Å²) in [5.41, 5.74) is 0.853. The lowest BCUT2D eigenvalue weighted by Gasteiger charge is -2.06. The van der Waals surface area contributed by atoms with E-state index in [1.54, 1.807) is 13.8 Å². The second kappa shape index (κ2) is 9.42. The van der Waals surface area contributed by atoms with Crippen LogP contribution >= 0.6 is 11.3 Å². The van der Waals surface area contributed by atoms with Gasteiger partial charge in [0.2, 0.25) is 0 Å². The summed E-state index contributed by atoms with van der Waals surface area (Å²) in [6.07, 6.45) is 1.31. The predicted octanol–water partition coefficient (Wildman–Crippen LogP) is 3.81. The van der Waals surface area contributed by atoms with Crippen LogP contribution < -0.4 is 5.32 Å². The van der Waals surface area contributed by atoms with E-state index >= 15 is 0 Å². The van der Waals surface area contributed by atoms with Gasteiger partial charge in [0.05, 0.1) is 18.9 Å². The molecule has 7 heteroatoms. The number of hydrogen-bond donors (Lipinski definition) is 1. The Morgan fingerprint density at radius 3 is 2.00 bits per heavy atom. The van der Waals surface area contributed by atoms with Crippen molar-refractivity contribution in [2.75, 3.05) is 18.5 Å². The number of hydrogen-bond acceptors (Lipinski definition) is 7. The van der Waals surface area contributed by atoms with Gasteiger partial charge in [0.15, 0.2) is 10.7 Å². The van der Waals surface area contributed by atoms with E-state index in [1.807, 2.05) is 0 Å². The highest BCUT2D eigenvalue weighted by Gasteiger charge is 2.22. The smallest absolute Gasteiger partial charge is 0.347 e. The van der Waals surface area contributed by atoms with E-state index in [1.165, 1.54) is 22.4 Å². The fourth-order valence-corrected chi connectivity index (χ4v) is 3.08. The van der Waals surface area contributed by atoms with Gasteiger partial charge < -0.3 is 14.8 Å². The number of anilines is 1.